The van der Waals surface area contributed by atoms with Gasteiger partial charge in [-0.3, -0.25) is 9.59 Å². The van der Waals surface area contributed by atoms with Crippen molar-refractivity contribution in [3.63, 3.8) is 0 Å². The van der Waals surface area contributed by atoms with E-state index in [0.717, 1.165) is 37.1 Å². The van der Waals surface area contributed by atoms with Crippen LogP contribution in [-0.2, 0) is 11.3 Å². The van der Waals surface area contributed by atoms with Crippen molar-refractivity contribution >= 4 is 11.8 Å². The lowest BCUT2D eigenvalue weighted by atomic mass is 9.89. The van der Waals surface area contributed by atoms with E-state index >= 15 is 0 Å². The summed E-state index contributed by atoms with van der Waals surface area (Å²) in [7, 11) is 5.95. The zero-order valence-electron chi connectivity index (χ0n) is 14.8. The number of hydrogen-bond donors (Lipinski definition) is 1. The molecule has 130 valence electrons. The van der Waals surface area contributed by atoms with Gasteiger partial charge in [0.05, 0.1) is 0 Å². The summed E-state index contributed by atoms with van der Waals surface area (Å²) in [6.45, 7) is 1.59. The van der Waals surface area contributed by atoms with Crippen molar-refractivity contribution in [1.29, 1.82) is 0 Å². The highest BCUT2D eigenvalue weighted by Gasteiger charge is 2.40. The molecule has 1 saturated heterocycles. The minimum atomic E-state index is 0.0820. The van der Waals surface area contributed by atoms with Gasteiger partial charge in [0.15, 0.2) is 0 Å². The van der Waals surface area contributed by atoms with Gasteiger partial charge in [-0.25, -0.2) is 0 Å². The normalized spacial score (nSPS) is 26.2. The van der Waals surface area contributed by atoms with E-state index in [1.807, 2.05) is 44.2 Å². The third-order valence-electron chi connectivity index (χ3n) is 5.37. The van der Waals surface area contributed by atoms with Crippen LogP contribution in [-0.4, -0.2) is 55.3 Å². The number of rotatable bonds is 4. The van der Waals surface area contributed by atoms with Crippen LogP contribution in [0.4, 0.5) is 0 Å². The van der Waals surface area contributed by atoms with Crippen LogP contribution in [0.5, 0.6) is 0 Å². The van der Waals surface area contributed by atoms with Crippen LogP contribution in [0.2, 0.25) is 0 Å². The maximum absolute atomic E-state index is 12.9. The fraction of sp³-hybridized carbons (Fsp3) is 0.579. The third kappa shape index (κ3) is 3.61. The Kier molecular flexibility index (Phi) is 4.90. The Morgan fingerprint density at radius 3 is 2.71 bits per heavy atom. The lowest BCUT2D eigenvalue weighted by molar-refractivity contribution is -0.124. The summed E-state index contributed by atoms with van der Waals surface area (Å²) < 4.78 is 0. The van der Waals surface area contributed by atoms with Gasteiger partial charge in [-0.05, 0) is 56.5 Å². The fourth-order valence-electron chi connectivity index (χ4n) is 4.09. The molecular formula is C19H27N3O2. The molecular weight excluding hydrogens is 302 g/mol. The number of fused-ring (bicyclic) bond motifs is 1. The van der Waals surface area contributed by atoms with E-state index in [1.165, 1.54) is 0 Å². The minimum Gasteiger partial charge on any atom is -0.356 e. The molecule has 1 saturated carbocycles. The smallest absolute Gasteiger partial charge is 0.253 e. The van der Waals surface area contributed by atoms with Crippen molar-refractivity contribution in [2.75, 3.05) is 27.7 Å². The maximum Gasteiger partial charge on any atom is 0.253 e. The van der Waals surface area contributed by atoms with E-state index < -0.39 is 0 Å². The van der Waals surface area contributed by atoms with Crippen LogP contribution >= 0.6 is 0 Å². The number of carbonyl (C=O) groups excluding carboxylic acids is 2. The molecule has 2 amide bonds. The average molecular weight is 329 g/mol. The van der Waals surface area contributed by atoms with Crippen LogP contribution in [0.1, 0.15) is 35.2 Å². The summed E-state index contributed by atoms with van der Waals surface area (Å²) in [5, 5.41) is 2.95. The van der Waals surface area contributed by atoms with Gasteiger partial charge < -0.3 is 15.1 Å². The first-order valence-corrected chi connectivity index (χ1v) is 8.71. The Labute approximate surface area is 144 Å². The molecule has 1 aromatic rings. The standard InChI is InChI=1S/C19H27N3O2/c1-21(2)12-13-5-4-6-14(7-13)19(24)22(3)17-8-15-10-18(23)20-11-16(15)9-17/h4-7,15-17H,8-12H2,1-3H3,(H,20,23)/t15-,16+,17-/m1/s1. The van der Waals surface area contributed by atoms with Gasteiger partial charge in [-0.15, -0.1) is 0 Å². The van der Waals surface area contributed by atoms with Crippen molar-refractivity contribution in [2.45, 2.75) is 31.8 Å². The number of nitrogens with one attached hydrogen (secondary N) is 1. The molecule has 1 heterocycles. The van der Waals surface area contributed by atoms with Crippen LogP contribution < -0.4 is 5.32 Å². The Bertz CT molecular complexity index is 629. The molecule has 2 aliphatic rings. The van der Waals surface area contributed by atoms with E-state index in [-0.39, 0.29) is 17.9 Å². The zero-order chi connectivity index (χ0) is 17.3. The predicted octanol–water partition coefficient (Wildman–Crippen LogP) is 1.73. The molecule has 1 aromatic carbocycles. The highest BCUT2D eigenvalue weighted by Crippen LogP contribution is 2.38. The number of hydrogen-bond acceptors (Lipinski definition) is 3. The average Bonchev–Trinajstić information content (AvgIpc) is 2.96. The Balaban J connectivity index is 1.68. The van der Waals surface area contributed by atoms with Gasteiger partial charge in [0.2, 0.25) is 5.91 Å². The minimum absolute atomic E-state index is 0.0820. The lowest BCUT2D eigenvalue weighted by Crippen LogP contribution is -2.38. The van der Waals surface area contributed by atoms with Crippen molar-refractivity contribution in [2.24, 2.45) is 11.8 Å². The molecule has 0 unspecified atom stereocenters. The molecule has 3 atom stereocenters. The maximum atomic E-state index is 12.9. The first kappa shape index (κ1) is 17.0. The molecule has 0 aromatic heterocycles. The quantitative estimate of drug-likeness (QED) is 0.915. The summed E-state index contributed by atoms with van der Waals surface area (Å²) in [6.07, 6.45) is 2.55. The molecule has 1 N–H and O–H groups in total. The van der Waals surface area contributed by atoms with Crippen LogP contribution in [0.15, 0.2) is 24.3 Å². The molecule has 5 nitrogen and oxygen atoms in total. The van der Waals surface area contributed by atoms with Crippen molar-refractivity contribution in [3.8, 4) is 0 Å². The molecule has 1 aliphatic heterocycles. The molecule has 1 aliphatic carbocycles. The molecule has 2 fully saturated rings. The Morgan fingerprint density at radius 1 is 1.21 bits per heavy atom. The second-order valence-corrected chi connectivity index (χ2v) is 7.51. The van der Waals surface area contributed by atoms with Crippen molar-refractivity contribution in [1.82, 2.24) is 15.1 Å². The van der Waals surface area contributed by atoms with Gasteiger partial charge >= 0.3 is 0 Å². The van der Waals surface area contributed by atoms with E-state index in [1.54, 1.807) is 0 Å². The summed E-state index contributed by atoms with van der Waals surface area (Å²) in [5.41, 5.74) is 1.90. The van der Waals surface area contributed by atoms with Crippen molar-refractivity contribution in [3.05, 3.63) is 35.4 Å². The van der Waals surface area contributed by atoms with Crippen molar-refractivity contribution < 1.29 is 9.59 Å². The van der Waals surface area contributed by atoms with E-state index in [4.69, 9.17) is 0 Å². The van der Waals surface area contributed by atoms with Gasteiger partial charge in [-0.1, -0.05) is 12.1 Å². The fourth-order valence-corrected chi connectivity index (χ4v) is 4.09. The van der Waals surface area contributed by atoms with Crippen LogP contribution in [0, 0.1) is 11.8 Å². The first-order valence-electron chi connectivity index (χ1n) is 8.71. The monoisotopic (exact) mass is 329 g/mol. The summed E-state index contributed by atoms with van der Waals surface area (Å²) in [4.78, 5) is 28.4. The number of benzene rings is 1. The largest absolute Gasteiger partial charge is 0.356 e. The van der Waals surface area contributed by atoms with E-state index in [9.17, 15) is 9.59 Å². The number of piperidine rings is 1. The molecule has 0 bridgehead atoms. The molecule has 3 rings (SSSR count). The molecule has 24 heavy (non-hydrogen) atoms. The SMILES string of the molecule is CN(C)Cc1cccc(C(=O)N(C)[C@H]2C[C@H]3CNC(=O)C[C@H]3C2)c1. The van der Waals surface area contributed by atoms with E-state index in [2.05, 4.69) is 16.3 Å². The summed E-state index contributed by atoms with van der Waals surface area (Å²) >= 11 is 0. The van der Waals surface area contributed by atoms with Crippen LogP contribution in [0.3, 0.4) is 0 Å². The molecule has 5 heteroatoms. The van der Waals surface area contributed by atoms with Gasteiger partial charge in [-0.2, -0.15) is 0 Å². The number of nitrogens with zero attached hydrogens (tertiary/aromatic N) is 2. The molecule has 0 radical (unpaired) electrons. The zero-order valence-corrected chi connectivity index (χ0v) is 14.8. The van der Waals surface area contributed by atoms with E-state index in [0.29, 0.717) is 18.3 Å². The lowest BCUT2D eigenvalue weighted by Gasteiger charge is -2.25. The Hall–Kier alpha value is -1.88. The van der Waals surface area contributed by atoms with Gasteiger partial charge in [0, 0.05) is 38.2 Å². The summed E-state index contributed by atoms with van der Waals surface area (Å²) in [5.74, 6) is 1.18. The first-order chi connectivity index (χ1) is 11.4. The third-order valence-corrected chi connectivity index (χ3v) is 5.37. The topological polar surface area (TPSA) is 52.7 Å². The number of amides is 2. The predicted molar refractivity (Wildman–Crippen MR) is 93.6 cm³/mol. The van der Waals surface area contributed by atoms with Gasteiger partial charge in [0.25, 0.3) is 5.91 Å². The second-order valence-electron chi connectivity index (χ2n) is 7.51. The highest BCUT2D eigenvalue weighted by atomic mass is 16.2. The van der Waals surface area contributed by atoms with Crippen LogP contribution in [0.25, 0.3) is 0 Å². The number of carbonyl (C=O) groups is 2. The summed E-state index contributed by atoms with van der Waals surface area (Å²) in [6, 6.07) is 8.13. The highest BCUT2D eigenvalue weighted by molar-refractivity contribution is 5.94. The van der Waals surface area contributed by atoms with Gasteiger partial charge in [0.1, 0.15) is 0 Å². The molecule has 0 spiro atoms. The second kappa shape index (κ2) is 6.93. The Morgan fingerprint density at radius 2 is 1.96 bits per heavy atom.